The van der Waals surface area contributed by atoms with Gasteiger partial charge in [0, 0.05) is 7.05 Å². The fourth-order valence-electron chi connectivity index (χ4n) is 3.49. The Morgan fingerprint density at radius 3 is 2.21 bits per heavy atom. The first-order valence-electron chi connectivity index (χ1n) is 6.96. The highest BCUT2D eigenvalue weighted by molar-refractivity contribution is 5.91. The molecule has 5 heteroatoms. The van der Waals surface area contributed by atoms with Crippen molar-refractivity contribution in [1.29, 1.82) is 0 Å². The molecule has 2 saturated carbocycles. The molecule has 0 aromatic carbocycles. The molecule has 2 N–H and O–H groups in total. The van der Waals surface area contributed by atoms with Crippen LogP contribution in [0.2, 0.25) is 0 Å². The van der Waals surface area contributed by atoms with Crippen LogP contribution in [0, 0.1) is 17.3 Å². The molecule has 19 heavy (non-hydrogen) atoms. The van der Waals surface area contributed by atoms with Crippen molar-refractivity contribution in [1.82, 2.24) is 4.90 Å². The Labute approximate surface area is 113 Å². The Bertz CT molecular complexity index is 393. The van der Waals surface area contributed by atoms with E-state index in [1.807, 2.05) is 13.8 Å². The molecule has 0 saturated heterocycles. The molecule has 0 spiro atoms. The zero-order valence-corrected chi connectivity index (χ0v) is 11.8. The van der Waals surface area contributed by atoms with Gasteiger partial charge in [0.1, 0.15) is 0 Å². The quantitative estimate of drug-likeness (QED) is 0.804. The Kier molecular flexibility index (Phi) is 3.60. The van der Waals surface area contributed by atoms with Crippen LogP contribution in [0.3, 0.4) is 0 Å². The van der Waals surface area contributed by atoms with Crippen LogP contribution in [0.5, 0.6) is 0 Å². The summed E-state index contributed by atoms with van der Waals surface area (Å²) in [5.74, 6) is -2.09. The van der Waals surface area contributed by atoms with Crippen LogP contribution < -0.4 is 0 Å². The number of nitrogens with zero attached hydrogens (tertiary/aromatic N) is 1. The molecular formula is C14H23NO4. The lowest BCUT2D eigenvalue weighted by atomic mass is 9.91. The number of aliphatic hydroxyl groups excluding tert-OH is 1. The summed E-state index contributed by atoms with van der Waals surface area (Å²) in [6.07, 6.45) is 3.04. The van der Waals surface area contributed by atoms with Crippen LogP contribution in [0.15, 0.2) is 0 Å². The summed E-state index contributed by atoms with van der Waals surface area (Å²) in [7, 11) is 1.69. The maximum Gasteiger partial charge on any atom is 0.307 e. The van der Waals surface area contributed by atoms with Crippen LogP contribution in [0.4, 0.5) is 0 Å². The number of hydrogen-bond donors (Lipinski definition) is 2. The molecule has 2 fully saturated rings. The molecule has 0 aromatic heterocycles. The molecule has 0 aliphatic heterocycles. The van der Waals surface area contributed by atoms with Crippen molar-refractivity contribution in [2.75, 3.05) is 7.05 Å². The van der Waals surface area contributed by atoms with Gasteiger partial charge in [-0.2, -0.15) is 0 Å². The number of hydrogen-bond acceptors (Lipinski definition) is 3. The first-order chi connectivity index (χ1) is 8.78. The van der Waals surface area contributed by atoms with Crippen LogP contribution in [-0.4, -0.2) is 46.2 Å². The van der Waals surface area contributed by atoms with E-state index in [4.69, 9.17) is 5.11 Å². The van der Waals surface area contributed by atoms with E-state index in [-0.39, 0.29) is 11.9 Å². The van der Waals surface area contributed by atoms with Gasteiger partial charge in [-0.15, -0.1) is 0 Å². The smallest absolute Gasteiger partial charge is 0.307 e. The largest absolute Gasteiger partial charge is 0.481 e. The van der Waals surface area contributed by atoms with E-state index >= 15 is 0 Å². The van der Waals surface area contributed by atoms with Gasteiger partial charge in [0.25, 0.3) is 0 Å². The van der Waals surface area contributed by atoms with Crippen molar-refractivity contribution in [2.45, 2.75) is 51.7 Å². The minimum atomic E-state index is -0.902. The highest BCUT2D eigenvalue weighted by atomic mass is 16.4. The summed E-state index contributed by atoms with van der Waals surface area (Å²) >= 11 is 0. The van der Waals surface area contributed by atoms with Crippen molar-refractivity contribution >= 4 is 11.9 Å². The predicted octanol–water partition coefficient (Wildman–Crippen LogP) is 1.11. The minimum absolute atomic E-state index is 0.136. The van der Waals surface area contributed by atoms with Gasteiger partial charge in [0.2, 0.25) is 5.91 Å². The summed E-state index contributed by atoms with van der Waals surface area (Å²) < 4.78 is 0. The highest BCUT2D eigenvalue weighted by Gasteiger charge is 2.66. The predicted molar refractivity (Wildman–Crippen MR) is 69.4 cm³/mol. The van der Waals surface area contributed by atoms with Gasteiger partial charge in [-0.05, 0) is 18.3 Å². The van der Waals surface area contributed by atoms with E-state index in [1.54, 1.807) is 11.9 Å². The summed E-state index contributed by atoms with van der Waals surface area (Å²) in [4.78, 5) is 25.1. The maximum atomic E-state index is 12.4. The van der Waals surface area contributed by atoms with Crippen LogP contribution in [0.1, 0.15) is 39.5 Å². The fourth-order valence-corrected chi connectivity index (χ4v) is 3.49. The molecule has 2 rings (SSSR count). The highest BCUT2D eigenvalue weighted by Crippen LogP contribution is 2.59. The van der Waals surface area contributed by atoms with Crippen LogP contribution in [-0.2, 0) is 9.59 Å². The molecule has 4 unspecified atom stereocenters. The number of carboxylic acid groups (broad SMARTS) is 1. The normalized spacial score (nSPS) is 36.6. The lowest BCUT2D eigenvalue weighted by Gasteiger charge is -2.35. The summed E-state index contributed by atoms with van der Waals surface area (Å²) in [5.41, 5.74) is -0.475. The average Bonchev–Trinajstić information content (AvgIpc) is 2.91. The van der Waals surface area contributed by atoms with Crippen molar-refractivity contribution in [3.63, 3.8) is 0 Å². The third kappa shape index (κ3) is 2.36. The molecule has 108 valence electrons. The lowest BCUT2D eigenvalue weighted by Crippen LogP contribution is -2.47. The number of aliphatic hydroxyl groups is 1. The molecule has 1 amide bonds. The van der Waals surface area contributed by atoms with Crippen LogP contribution >= 0.6 is 0 Å². The van der Waals surface area contributed by atoms with Gasteiger partial charge in [-0.3, -0.25) is 9.59 Å². The zero-order valence-electron chi connectivity index (χ0n) is 11.8. The summed E-state index contributed by atoms with van der Waals surface area (Å²) in [6, 6.07) is -0.160. The van der Waals surface area contributed by atoms with Gasteiger partial charge in [-0.25, -0.2) is 0 Å². The Morgan fingerprint density at radius 1 is 1.16 bits per heavy atom. The second-order valence-electron chi connectivity index (χ2n) is 6.48. The number of amides is 1. The Hall–Kier alpha value is -1.10. The van der Waals surface area contributed by atoms with Crippen LogP contribution in [0.25, 0.3) is 0 Å². The van der Waals surface area contributed by atoms with E-state index in [1.165, 1.54) is 0 Å². The molecule has 0 radical (unpaired) electrons. The molecule has 2 aliphatic carbocycles. The molecule has 4 atom stereocenters. The van der Waals surface area contributed by atoms with Gasteiger partial charge < -0.3 is 15.1 Å². The number of aliphatic carboxylic acids is 1. The molecule has 0 bridgehead atoms. The summed E-state index contributed by atoms with van der Waals surface area (Å²) in [5, 5.41) is 19.1. The van der Waals surface area contributed by atoms with E-state index < -0.39 is 29.3 Å². The van der Waals surface area contributed by atoms with Gasteiger partial charge in [0.05, 0.1) is 24.0 Å². The zero-order chi connectivity index (χ0) is 14.4. The number of carbonyl (C=O) groups excluding carboxylic acids is 1. The monoisotopic (exact) mass is 269 g/mol. The first kappa shape index (κ1) is 14.3. The maximum absolute atomic E-state index is 12.4. The molecular weight excluding hydrogens is 246 g/mol. The molecule has 0 heterocycles. The van der Waals surface area contributed by atoms with Gasteiger partial charge >= 0.3 is 5.97 Å². The van der Waals surface area contributed by atoms with E-state index in [2.05, 4.69) is 0 Å². The van der Waals surface area contributed by atoms with E-state index in [9.17, 15) is 14.7 Å². The first-order valence-corrected chi connectivity index (χ1v) is 6.96. The van der Waals surface area contributed by atoms with Crippen molar-refractivity contribution in [2.24, 2.45) is 17.3 Å². The Morgan fingerprint density at radius 2 is 1.74 bits per heavy atom. The molecule has 2 aliphatic rings. The second kappa shape index (κ2) is 4.78. The molecule has 5 nitrogen and oxygen atoms in total. The van der Waals surface area contributed by atoms with Crippen molar-refractivity contribution in [3.05, 3.63) is 0 Å². The third-order valence-corrected chi connectivity index (χ3v) is 4.90. The van der Waals surface area contributed by atoms with Crippen molar-refractivity contribution in [3.8, 4) is 0 Å². The SMILES string of the molecule is CN(C(=O)C1C(C(=O)O)C1(C)C)C1CCCCC1O. The standard InChI is InChI=1S/C14H23NO4/c1-14(2)10(11(14)13(18)19)12(17)15(3)8-6-4-5-7-9(8)16/h8-11,16H,4-7H2,1-3H3,(H,18,19). The number of carbonyl (C=O) groups is 2. The number of carboxylic acids is 1. The van der Waals surface area contributed by atoms with Gasteiger partial charge in [-0.1, -0.05) is 26.7 Å². The molecule has 0 aromatic rings. The topological polar surface area (TPSA) is 77.8 Å². The fraction of sp³-hybridized carbons (Fsp3) is 0.857. The summed E-state index contributed by atoms with van der Waals surface area (Å²) in [6.45, 7) is 3.64. The Balaban J connectivity index is 2.06. The third-order valence-electron chi connectivity index (χ3n) is 4.90. The minimum Gasteiger partial charge on any atom is -0.481 e. The van der Waals surface area contributed by atoms with E-state index in [0.29, 0.717) is 0 Å². The lowest BCUT2D eigenvalue weighted by molar-refractivity contribution is -0.143. The number of likely N-dealkylation sites (N-methyl/N-ethyl adjacent to an activating group) is 1. The average molecular weight is 269 g/mol. The number of rotatable bonds is 3. The van der Waals surface area contributed by atoms with Gasteiger partial charge in [0.15, 0.2) is 0 Å². The van der Waals surface area contributed by atoms with E-state index in [0.717, 1.165) is 25.7 Å². The second-order valence-corrected chi connectivity index (χ2v) is 6.48. The van der Waals surface area contributed by atoms with Crippen molar-refractivity contribution < 1.29 is 19.8 Å².